The quantitative estimate of drug-likeness (QED) is 0.184. The van der Waals surface area contributed by atoms with Gasteiger partial charge in [-0.25, -0.2) is 9.78 Å². The van der Waals surface area contributed by atoms with Gasteiger partial charge in [0.15, 0.2) is 5.13 Å². The minimum atomic E-state index is -0.908. The Morgan fingerprint density at radius 1 is 0.821 bits per heavy atom. The molecule has 0 unspecified atom stereocenters. The van der Waals surface area contributed by atoms with E-state index in [9.17, 15) is 4.79 Å². The zero-order valence-electron chi connectivity index (χ0n) is 23.4. The second-order valence-corrected chi connectivity index (χ2v) is 11.1. The van der Waals surface area contributed by atoms with Crippen LogP contribution in [-0.4, -0.2) is 30.2 Å². The molecule has 6 heteroatoms. The van der Waals surface area contributed by atoms with Crippen LogP contribution in [0.4, 0.5) is 10.8 Å². The van der Waals surface area contributed by atoms with Crippen LogP contribution >= 0.6 is 11.3 Å². The number of carboxylic acid groups (broad SMARTS) is 1. The lowest BCUT2D eigenvalue weighted by atomic mass is 9.90. The second-order valence-electron chi connectivity index (χ2n) is 10.3. The topological polar surface area (TPSA) is 56.7 Å². The lowest BCUT2D eigenvalue weighted by Gasteiger charge is -2.21. The summed E-state index contributed by atoms with van der Waals surface area (Å²) in [7, 11) is 4.16. The summed E-state index contributed by atoms with van der Waals surface area (Å²) in [4.78, 5) is 20.3. The average Bonchev–Trinajstić information content (AvgIpc) is 3.44. The van der Waals surface area contributed by atoms with Crippen molar-refractivity contribution in [3.63, 3.8) is 0 Å². The average molecular weight is 542 g/mol. The van der Waals surface area contributed by atoms with E-state index in [-0.39, 0.29) is 0 Å². The molecule has 4 aromatic rings. The number of anilines is 2. The monoisotopic (exact) mass is 541 g/mol. The molecule has 0 aliphatic carbocycles. The maximum atomic E-state index is 11.1. The summed E-state index contributed by atoms with van der Waals surface area (Å²) < 4.78 is 0. The van der Waals surface area contributed by atoms with Crippen LogP contribution in [0.25, 0.3) is 11.3 Å². The Morgan fingerprint density at radius 3 is 1.95 bits per heavy atom. The summed E-state index contributed by atoms with van der Waals surface area (Å²) in [6.07, 6.45) is 4.97. The lowest BCUT2D eigenvalue weighted by molar-refractivity contribution is 0.0697. The number of thiazole rings is 1. The number of carboxylic acids is 1. The summed E-state index contributed by atoms with van der Waals surface area (Å²) in [5.74, 6) is -0.239. The van der Waals surface area contributed by atoms with Gasteiger partial charge in [-0.15, -0.1) is 11.3 Å². The van der Waals surface area contributed by atoms with Crippen molar-refractivity contribution in [3.8, 4) is 11.3 Å². The van der Waals surface area contributed by atoms with E-state index >= 15 is 0 Å². The molecule has 0 fully saturated rings. The molecule has 1 N–H and O–H groups in total. The number of aromatic nitrogens is 1. The normalized spacial score (nSPS) is 11.1. The molecule has 0 saturated carbocycles. The Hall–Kier alpha value is -3.64. The van der Waals surface area contributed by atoms with Crippen LogP contribution in [0, 0.1) is 0 Å². The molecule has 0 atom stereocenters. The Bertz CT molecular complexity index is 1320. The lowest BCUT2D eigenvalue weighted by Crippen LogP contribution is -2.16. The number of rotatable bonds is 13. The van der Waals surface area contributed by atoms with E-state index in [1.165, 1.54) is 42.5 Å². The first-order valence-electron chi connectivity index (χ1n) is 13.8. The molecule has 0 bridgehead atoms. The SMILES string of the molecule is CCCC(CCC)c1ccc(N(C)Cc2ccc(-c3csc(N(C)Cc4ccc(C(=O)O)cc4)n3)cc2)cc1. The number of nitrogens with zero attached hydrogens (tertiary/aromatic N) is 3. The summed E-state index contributed by atoms with van der Waals surface area (Å²) in [5.41, 5.74) is 7.37. The van der Waals surface area contributed by atoms with Gasteiger partial charge in [0.2, 0.25) is 0 Å². The Labute approximate surface area is 236 Å². The van der Waals surface area contributed by atoms with E-state index in [1.54, 1.807) is 23.5 Å². The first-order valence-corrected chi connectivity index (χ1v) is 14.6. The van der Waals surface area contributed by atoms with Crippen molar-refractivity contribution in [1.82, 2.24) is 4.98 Å². The van der Waals surface area contributed by atoms with Gasteiger partial charge < -0.3 is 14.9 Å². The van der Waals surface area contributed by atoms with Crippen LogP contribution in [0.5, 0.6) is 0 Å². The molecule has 39 heavy (non-hydrogen) atoms. The minimum absolute atomic E-state index is 0.299. The van der Waals surface area contributed by atoms with E-state index in [4.69, 9.17) is 10.1 Å². The van der Waals surface area contributed by atoms with E-state index in [0.717, 1.165) is 28.5 Å². The Morgan fingerprint density at radius 2 is 1.38 bits per heavy atom. The van der Waals surface area contributed by atoms with Crippen molar-refractivity contribution in [2.24, 2.45) is 0 Å². The van der Waals surface area contributed by atoms with Gasteiger partial charge in [-0.3, -0.25) is 0 Å². The summed E-state index contributed by atoms with van der Waals surface area (Å²) in [6.45, 7) is 6.05. The molecule has 5 nitrogen and oxygen atoms in total. The predicted molar refractivity (Wildman–Crippen MR) is 164 cm³/mol. The van der Waals surface area contributed by atoms with Crippen molar-refractivity contribution in [2.45, 2.75) is 58.5 Å². The fourth-order valence-electron chi connectivity index (χ4n) is 4.99. The highest BCUT2D eigenvalue weighted by Crippen LogP contribution is 2.30. The molecular weight excluding hydrogens is 502 g/mol. The molecule has 0 amide bonds. The summed E-state index contributed by atoms with van der Waals surface area (Å²) in [5, 5.41) is 12.1. The van der Waals surface area contributed by atoms with Gasteiger partial charge in [-0.05, 0) is 59.7 Å². The fraction of sp³-hybridized carbons (Fsp3) is 0.333. The van der Waals surface area contributed by atoms with Crippen LogP contribution in [0.2, 0.25) is 0 Å². The maximum Gasteiger partial charge on any atom is 0.335 e. The van der Waals surface area contributed by atoms with Crippen molar-refractivity contribution < 1.29 is 9.90 Å². The molecule has 1 heterocycles. The predicted octanol–water partition coefficient (Wildman–Crippen LogP) is 8.46. The molecule has 1 aromatic heterocycles. The minimum Gasteiger partial charge on any atom is -0.478 e. The molecule has 0 saturated heterocycles. The number of benzene rings is 3. The number of aromatic carboxylic acids is 1. The highest BCUT2D eigenvalue weighted by molar-refractivity contribution is 7.14. The van der Waals surface area contributed by atoms with E-state index in [0.29, 0.717) is 18.0 Å². The van der Waals surface area contributed by atoms with Gasteiger partial charge in [0, 0.05) is 43.8 Å². The number of hydrogen-bond donors (Lipinski definition) is 1. The van der Waals surface area contributed by atoms with Gasteiger partial charge in [-0.2, -0.15) is 0 Å². The van der Waals surface area contributed by atoms with Crippen LogP contribution < -0.4 is 9.80 Å². The number of carbonyl (C=O) groups is 1. The van der Waals surface area contributed by atoms with Crippen LogP contribution in [0.3, 0.4) is 0 Å². The molecule has 3 aromatic carbocycles. The first-order chi connectivity index (χ1) is 18.9. The van der Waals surface area contributed by atoms with E-state index in [1.807, 2.05) is 19.2 Å². The van der Waals surface area contributed by atoms with E-state index in [2.05, 4.69) is 84.6 Å². The van der Waals surface area contributed by atoms with Crippen LogP contribution in [-0.2, 0) is 13.1 Å². The zero-order chi connectivity index (χ0) is 27.8. The van der Waals surface area contributed by atoms with Gasteiger partial charge >= 0.3 is 5.97 Å². The summed E-state index contributed by atoms with van der Waals surface area (Å²) in [6, 6.07) is 24.8. The first kappa shape index (κ1) is 28.4. The van der Waals surface area contributed by atoms with Crippen molar-refractivity contribution in [3.05, 3.63) is 100 Å². The second kappa shape index (κ2) is 13.4. The van der Waals surface area contributed by atoms with Crippen LogP contribution in [0.15, 0.2) is 78.2 Å². The maximum absolute atomic E-state index is 11.1. The standard InChI is InChI=1S/C33H39N3O2S/c1-5-7-26(8-6-2)27-17-19-30(20-18-27)35(3)21-24-9-13-28(14-10-24)31-23-39-33(34-31)36(4)22-25-11-15-29(16-12-25)32(37)38/h9-20,23,26H,5-8,21-22H2,1-4H3,(H,37,38). The highest BCUT2D eigenvalue weighted by atomic mass is 32.1. The summed E-state index contributed by atoms with van der Waals surface area (Å²) >= 11 is 1.61. The largest absolute Gasteiger partial charge is 0.478 e. The number of hydrogen-bond acceptors (Lipinski definition) is 5. The van der Waals surface area contributed by atoms with Gasteiger partial charge in [0.05, 0.1) is 11.3 Å². The third-order valence-corrected chi connectivity index (χ3v) is 8.14. The molecule has 0 aliphatic heterocycles. The highest BCUT2D eigenvalue weighted by Gasteiger charge is 2.12. The fourth-order valence-corrected chi connectivity index (χ4v) is 5.79. The van der Waals surface area contributed by atoms with E-state index < -0.39 is 5.97 Å². The van der Waals surface area contributed by atoms with Crippen molar-refractivity contribution in [2.75, 3.05) is 23.9 Å². The molecule has 0 radical (unpaired) electrons. The Balaban J connectivity index is 1.35. The van der Waals surface area contributed by atoms with Crippen LogP contribution in [0.1, 0.15) is 72.5 Å². The van der Waals surface area contributed by atoms with Crippen molar-refractivity contribution >= 4 is 28.1 Å². The third kappa shape index (κ3) is 7.48. The van der Waals surface area contributed by atoms with Gasteiger partial charge in [0.25, 0.3) is 0 Å². The molecular formula is C33H39N3O2S. The molecule has 0 aliphatic rings. The smallest absolute Gasteiger partial charge is 0.335 e. The molecule has 0 spiro atoms. The molecule has 4 rings (SSSR count). The van der Waals surface area contributed by atoms with Crippen molar-refractivity contribution in [1.29, 1.82) is 0 Å². The molecule has 204 valence electrons. The zero-order valence-corrected chi connectivity index (χ0v) is 24.2. The van der Waals surface area contributed by atoms with Gasteiger partial charge in [0.1, 0.15) is 0 Å². The third-order valence-electron chi connectivity index (χ3n) is 7.19. The van der Waals surface area contributed by atoms with Gasteiger partial charge in [-0.1, -0.05) is 75.2 Å². The Kier molecular flexibility index (Phi) is 9.77.